The van der Waals surface area contributed by atoms with Gasteiger partial charge in [0.1, 0.15) is 12.4 Å². The molecular formula is C21H25ClN2O2. The van der Waals surface area contributed by atoms with E-state index in [2.05, 4.69) is 29.6 Å². The highest BCUT2D eigenvalue weighted by Gasteiger charge is 2.22. The summed E-state index contributed by atoms with van der Waals surface area (Å²) in [5, 5.41) is 3.51. The fourth-order valence-corrected chi connectivity index (χ4v) is 3.47. The van der Waals surface area contributed by atoms with Gasteiger partial charge >= 0.3 is 6.03 Å². The predicted octanol–water partition coefficient (Wildman–Crippen LogP) is 4.38. The second-order valence-electron chi connectivity index (χ2n) is 6.63. The number of likely N-dealkylation sites (tertiary alicyclic amines) is 1. The third-order valence-corrected chi connectivity index (χ3v) is 5.05. The zero-order valence-electron chi connectivity index (χ0n) is 14.9. The summed E-state index contributed by atoms with van der Waals surface area (Å²) in [5.41, 5.74) is 1.38. The molecule has 0 radical (unpaired) electrons. The molecule has 1 saturated heterocycles. The van der Waals surface area contributed by atoms with Crippen LogP contribution in [0.25, 0.3) is 0 Å². The van der Waals surface area contributed by atoms with Crippen molar-refractivity contribution in [2.45, 2.75) is 19.3 Å². The van der Waals surface area contributed by atoms with Crippen molar-refractivity contribution in [2.75, 3.05) is 26.2 Å². The summed E-state index contributed by atoms with van der Waals surface area (Å²) in [7, 11) is 0. The number of hydrogen-bond acceptors (Lipinski definition) is 2. The minimum atomic E-state index is -0.00841. The summed E-state index contributed by atoms with van der Waals surface area (Å²) >= 11 is 6.04. The minimum absolute atomic E-state index is 0.00841. The number of piperidine rings is 1. The molecule has 0 unspecified atom stereocenters. The van der Waals surface area contributed by atoms with Gasteiger partial charge in [0.05, 0.1) is 11.6 Å². The van der Waals surface area contributed by atoms with Gasteiger partial charge in [-0.15, -0.1) is 0 Å². The van der Waals surface area contributed by atoms with Crippen LogP contribution in [0.4, 0.5) is 4.79 Å². The van der Waals surface area contributed by atoms with Crippen LogP contribution < -0.4 is 10.1 Å². The van der Waals surface area contributed by atoms with E-state index < -0.39 is 0 Å². The molecule has 0 spiro atoms. The molecule has 0 bridgehead atoms. The molecule has 138 valence electrons. The number of halogens is 1. The monoisotopic (exact) mass is 372 g/mol. The van der Waals surface area contributed by atoms with Gasteiger partial charge in [0, 0.05) is 13.1 Å². The summed E-state index contributed by atoms with van der Waals surface area (Å²) in [5.74, 6) is 1.30. The number of urea groups is 1. The van der Waals surface area contributed by atoms with Crippen molar-refractivity contribution in [3.63, 3.8) is 0 Å². The van der Waals surface area contributed by atoms with Crippen molar-refractivity contribution in [1.82, 2.24) is 10.2 Å². The fraction of sp³-hybridized carbons (Fsp3) is 0.381. The Morgan fingerprint density at radius 3 is 2.50 bits per heavy atom. The maximum atomic E-state index is 12.3. The molecule has 1 aliphatic rings. The lowest BCUT2D eigenvalue weighted by Gasteiger charge is -2.32. The minimum Gasteiger partial charge on any atom is -0.490 e. The number of hydrogen-bond donors (Lipinski definition) is 1. The Bertz CT molecular complexity index is 700. The topological polar surface area (TPSA) is 41.6 Å². The first-order chi connectivity index (χ1) is 12.7. The Labute approximate surface area is 160 Å². The normalized spacial score (nSPS) is 14.9. The molecule has 2 aromatic rings. The van der Waals surface area contributed by atoms with Crippen LogP contribution in [0.1, 0.15) is 18.4 Å². The maximum absolute atomic E-state index is 12.3. The van der Waals surface area contributed by atoms with Crippen LogP contribution in [0.15, 0.2) is 54.6 Å². The predicted molar refractivity (Wildman–Crippen MR) is 105 cm³/mol. The molecule has 26 heavy (non-hydrogen) atoms. The van der Waals surface area contributed by atoms with Gasteiger partial charge < -0.3 is 15.0 Å². The number of rotatable bonds is 6. The molecule has 1 heterocycles. The second-order valence-corrected chi connectivity index (χ2v) is 7.04. The first-order valence-electron chi connectivity index (χ1n) is 9.16. The van der Waals surface area contributed by atoms with E-state index in [1.54, 1.807) is 6.07 Å². The van der Waals surface area contributed by atoms with Gasteiger partial charge in [0.2, 0.25) is 0 Å². The van der Waals surface area contributed by atoms with Gasteiger partial charge in [0.15, 0.2) is 0 Å². The summed E-state index contributed by atoms with van der Waals surface area (Å²) in [6, 6.07) is 17.9. The van der Waals surface area contributed by atoms with Crippen molar-refractivity contribution in [3.05, 3.63) is 65.2 Å². The highest BCUT2D eigenvalue weighted by molar-refractivity contribution is 6.32. The Kier molecular flexibility index (Phi) is 6.78. The number of carbonyl (C=O) groups is 1. The Morgan fingerprint density at radius 2 is 1.77 bits per heavy atom. The lowest BCUT2D eigenvalue weighted by atomic mass is 9.90. The Morgan fingerprint density at radius 1 is 1.08 bits per heavy atom. The average molecular weight is 373 g/mol. The first-order valence-corrected chi connectivity index (χ1v) is 9.54. The number of amides is 2. The van der Waals surface area contributed by atoms with Gasteiger partial charge in [-0.05, 0) is 42.9 Å². The molecule has 1 aliphatic heterocycles. The van der Waals surface area contributed by atoms with E-state index in [0.29, 0.717) is 29.8 Å². The van der Waals surface area contributed by atoms with Gasteiger partial charge in [-0.25, -0.2) is 4.79 Å². The van der Waals surface area contributed by atoms with E-state index in [4.69, 9.17) is 16.3 Å². The van der Waals surface area contributed by atoms with Gasteiger partial charge in [0.25, 0.3) is 0 Å². The summed E-state index contributed by atoms with van der Waals surface area (Å²) in [6.45, 7) is 2.50. The standard InChI is InChI=1S/C21H25ClN2O2/c22-19-8-4-5-9-20(19)26-15-12-23-21(25)24-13-10-18(11-14-24)16-17-6-2-1-3-7-17/h1-9,18H,10-16H2,(H,23,25). The van der Waals surface area contributed by atoms with E-state index in [-0.39, 0.29) is 6.03 Å². The number of benzene rings is 2. The number of ether oxygens (including phenoxy) is 1. The molecule has 1 N–H and O–H groups in total. The Hall–Kier alpha value is -2.20. The number of nitrogens with zero attached hydrogens (tertiary/aromatic N) is 1. The molecule has 0 aromatic heterocycles. The van der Waals surface area contributed by atoms with Gasteiger partial charge in [-0.3, -0.25) is 0 Å². The van der Waals surface area contributed by atoms with E-state index in [1.165, 1.54) is 5.56 Å². The van der Waals surface area contributed by atoms with Crippen LogP contribution in [0.2, 0.25) is 5.02 Å². The molecular weight excluding hydrogens is 348 g/mol. The molecule has 0 atom stereocenters. The molecule has 1 fully saturated rings. The highest BCUT2D eigenvalue weighted by atomic mass is 35.5. The third kappa shape index (κ3) is 5.40. The average Bonchev–Trinajstić information content (AvgIpc) is 2.68. The largest absolute Gasteiger partial charge is 0.490 e. The zero-order chi connectivity index (χ0) is 18.2. The molecule has 2 amide bonds. The SMILES string of the molecule is O=C(NCCOc1ccccc1Cl)N1CCC(Cc2ccccc2)CC1. The molecule has 3 rings (SSSR count). The van der Waals surface area contributed by atoms with Crippen LogP contribution in [-0.4, -0.2) is 37.2 Å². The van der Waals surface area contributed by atoms with E-state index >= 15 is 0 Å². The van der Waals surface area contributed by atoms with Crippen LogP contribution in [0, 0.1) is 5.92 Å². The molecule has 4 nitrogen and oxygen atoms in total. The quantitative estimate of drug-likeness (QED) is 0.764. The maximum Gasteiger partial charge on any atom is 0.317 e. The zero-order valence-corrected chi connectivity index (χ0v) is 15.6. The van der Waals surface area contributed by atoms with E-state index in [0.717, 1.165) is 32.4 Å². The van der Waals surface area contributed by atoms with Gasteiger partial charge in [-0.2, -0.15) is 0 Å². The molecule has 0 saturated carbocycles. The van der Waals surface area contributed by atoms with Crippen molar-refractivity contribution in [2.24, 2.45) is 5.92 Å². The van der Waals surface area contributed by atoms with E-state index in [9.17, 15) is 4.79 Å². The Balaban J connectivity index is 1.34. The number of nitrogens with one attached hydrogen (secondary N) is 1. The van der Waals surface area contributed by atoms with Gasteiger partial charge in [-0.1, -0.05) is 54.1 Å². The number of para-hydroxylation sites is 1. The molecule has 0 aliphatic carbocycles. The smallest absolute Gasteiger partial charge is 0.317 e. The molecule has 2 aromatic carbocycles. The summed E-state index contributed by atoms with van der Waals surface area (Å²) < 4.78 is 5.59. The van der Waals surface area contributed by atoms with E-state index in [1.807, 2.05) is 29.2 Å². The van der Waals surface area contributed by atoms with Crippen LogP contribution in [0.5, 0.6) is 5.75 Å². The first kappa shape index (κ1) is 18.6. The lowest BCUT2D eigenvalue weighted by Crippen LogP contribution is -2.45. The van der Waals surface area contributed by atoms with Crippen molar-refractivity contribution < 1.29 is 9.53 Å². The third-order valence-electron chi connectivity index (χ3n) is 4.74. The van der Waals surface area contributed by atoms with Crippen LogP contribution >= 0.6 is 11.6 Å². The van der Waals surface area contributed by atoms with Crippen molar-refractivity contribution in [1.29, 1.82) is 0 Å². The molecule has 5 heteroatoms. The van der Waals surface area contributed by atoms with Crippen molar-refractivity contribution in [3.8, 4) is 5.75 Å². The lowest BCUT2D eigenvalue weighted by molar-refractivity contribution is 0.168. The van der Waals surface area contributed by atoms with Crippen LogP contribution in [-0.2, 0) is 6.42 Å². The summed E-state index contributed by atoms with van der Waals surface area (Å²) in [6.07, 6.45) is 3.21. The summed E-state index contributed by atoms with van der Waals surface area (Å²) in [4.78, 5) is 14.2. The second kappa shape index (κ2) is 9.48. The fourth-order valence-electron chi connectivity index (χ4n) is 3.28. The van der Waals surface area contributed by atoms with Crippen LogP contribution in [0.3, 0.4) is 0 Å². The van der Waals surface area contributed by atoms with Crippen molar-refractivity contribution >= 4 is 17.6 Å². The number of carbonyl (C=O) groups excluding carboxylic acids is 1. The highest BCUT2D eigenvalue weighted by Crippen LogP contribution is 2.23.